The van der Waals surface area contributed by atoms with Gasteiger partial charge >= 0.3 is 0 Å². The van der Waals surface area contributed by atoms with Crippen LogP contribution in [0, 0.1) is 13.8 Å². The first-order valence-electron chi connectivity index (χ1n) is 9.82. The number of rotatable bonds is 6. The third kappa shape index (κ3) is 4.69. The van der Waals surface area contributed by atoms with Gasteiger partial charge in [0, 0.05) is 12.1 Å². The van der Waals surface area contributed by atoms with Gasteiger partial charge < -0.3 is 10.1 Å². The van der Waals surface area contributed by atoms with Crippen LogP contribution in [0.3, 0.4) is 0 Å². The Hall–Kier alpha value is -2.33. The summed E-state index contributed by atoms with van der Waals surface area (Å²) in [6.45, 7) is 6.82. The normalized spacial score (nSPS) is 16.0. The third-order valence-electron chi connectivity index (χ3n) is 5.64. The molecule has 0 aliphatic carbocycles. The summed E-state index contributed by atoms with van der Waals surface area (Å²) in [4.78, 5) is 15.3. The summed E-state index contributed by atoms with van der Waals surface area (Å²) in [5.74, 6) is 0.863. The van der Waals surface area contributed by atoms with E-state index in [1.165, 1.54) is 24.8 Å². The fraction of sp³-hybridized carbons (Fsp3) is 0.435. The van der Waals surface area contributed by atoms with Crippen molar-refractivity contribution in [2.75, 3.05) is 26.7 Å². The SMILES string of the molecule is COc1ccc([C@@H](CNC(=O)c2cccc(C)c2C)N2CCCCC2)cc1. The van der Waals surface area contributed by atoms with Gasteiger partial charge in [-0.05, 0) is 74.7 Å². The van der Waals surface area contributed by atoms with Crippen molar-refractivity contribution in [2.24, 2.45) is 0 Å². The minimum atomic E-state index is 0.00622. The number of nitrogens with one attached hydrogen (secondary N) is 1. The highest BCUT2D eigenvalue weighted by molar-refractivity contribution is 5.95. The van der Waals surface area contributed by atoms with Crippen LogP contribution in [-0.4, -0.2) is 37.6 Å². The Kier molecular flexibility index (Phi) is 6.51. The van der Waals surface area contributed by atoms with Crippen LogP contribution in [-0.2, 0) is 0 Å². The molecule has 1 atom stereocenters. The van der Waals surface area contributed by atoms with E-state index in [2.05, 4.69) is 22.3 Å². The van der Waals surface area contributed by atoms with E-state index in [9.17, 15) is 4.79 Å². The quantitative estimate of drug-likeness (QED) is 0.830. The van der Waals surface area contributed by atoms with E-state index >= 15 is 0 Å². The Bertz CT molecular complexity index is 764. The predicted molar refractivity (Wildman–Crippen MR) is 109 cm³/mol. The molecule has 0 saturated carbocycles. The average molecular weight is 367 g/mol. The molecule has 3 rings (SSSR count). The highest BCUT2D eigenvalue weighted by Gasteiger charge is 2.23. The van der Waals surface area contributed by atoms with Crippen molar-refractivity contribution in [3.63, 3.8) is 0 Å². The molecule has 1 fully saturated rings. The fourth-order valence-electron chi connectivity index (χ4n) is 3.80. The molecule has 1 N–H and O–H groups in total. The van der Waals surface area contributed by atoms with Crippen LogP contribution in [0.1, 0.15) is 52.4 Å². The molecule has 1 amide bonds. The second-order valence-corrected chi connectivity index (χ2v) is 7.34. The highest BCUT2D eigenvalue weighted by Crippen LogP contribution is 2.26. The molecule has 1 heterocycles. The number of ether oxygens (including phenoxy) is 1. The summed E-state index contributed by atoms with van der Waals surface area (Å²) < 4.78 is 5.29. The second kappa shape index (κ2) is 9.05. The van der Waals surface area contributed by atoms with Crippen molar-refractivity contribution in [1.29, 1.82) is 0 Å². The van der Waals surface area contributed by atoms with Gasteiger partial charge in [0.05, 0.1) is 13.2 Å². The first kappa shape index (κ1) is 19.4. The number of amides is 1. The number of aryl methyl sites for hydroxylation is 1. The topological polar surface area (TPSA) is 41.6 Å². The van der Waals surface area contributed by atoms with Crippen molar-refractivity contribution < 1.29 is 9.53 Å². The molecule has 1 aliphatic rings. The molecule has 2 aromatic rings. The lowest BCUT2D eigenvalue weighted by Gasteiger charge is -2.35. The zero-order chi connectivity index (χ0) is 19.2. The van der Waals surface area contributed by atoms with Crippen LogP contribution in [0.4, 0.5) is 0 Å². The Balaban J connectivity index is 1.76. The molecule has 0 spiro atoms. The van der Waals surface area contributed by atoms with Gasteiger partial charge in [-0.3, -0.25) is 9.69 Å². The van der Waals surface area contributed by atoms with Crippen molar-refractivity contribution in [3.8, 4) is 5.75 Å². The highest BCUT2D eigenvalue weighted by atomic mass is 16.5. The monoisotopic (exact) mass is 366 g/mol. The maximum absolute atomic E-state index is 12.8. The smallest absolute Gasteiger partial charge is 0.251 e. The van der Waals surface area contributed by atoms with Gasteiger partial charge in [-0.2, -0.15) is 0 Å². The molecule has 4 heteroatoms. The molecular weight excluding hydrogens is 336 g/mol. The fourth-order valence-corrected chi connectivity index (χ4v) is 3.80. The molecule has 144 valence electrons. The molecule has 4 nitrogen and oxygen atoms in total. The number of hydrogen-bond acceptors (Lipinski definition) is 3. The third-order valence-corrected chi connectivity index (χ3v) is 5.64. The summed E-state index contributed by atoms with van der Waals surface area (Å²) in [6.07, 6.45) is 3.73. The van der Waals surface area contributed by atoms with Crippen molar-refractivity contribution in [2.45, 2.75) is 39.2 Å². The second-order valence-electron chi connectivity index (χ2n) is 7.34. The van der Waals surface area contributed by atoms with E-state index in [1.54, 1.807) is 7.11 Å². The Morgan fingerprint density at radius 3 is 2.44 bits per heavy atom. The maximum Gasteiger partial charge on any atom is 0.251 e. The molecule has 1 aliphatic heterocycles. The largest absolute Gasteiger partial charge is 0.497 e. The zero-order valence-electron chi connectivity index (χ0n) is 16.6. The first-order chi connectivity index (χ1) is 13.1. The summed E-state index contributed by atoms with van der Waals surface area (Å²) in [5, 5.41) is 3.18. The lowest BCUT2D eigenvalue weighted by molar-refractivity contribution is 0.0923. The predicted octanol–water partition coefficient (Wildman–Crippen LogP) is 4.27. The average Bonchev–Trinajstić information content (AvgIpc) is 2.71. The van der Waals surface area contributed by atoms with E-state index in [0.717, 1.165) is 35.5 Å². The Morgan fingerprint density at radius 2 is 1.78 bits per heavy atom. The van der Waals surface area contributed by atoms with E-state index in [-0.39, 0.29) is 11.9 Å². The minimum Gasteiger partial charge on any atom is -0.497 e. The Morgan fingerprint density at radius 1 is 1.07 bits per heavy atom. The minimum absolute atomic E-state index is 0.00622. The van der Waals surface area contributed by atoms with Crippen molar-refractivity contribution in [1.82, 2.24) is 10.2 Å². The molecular formula is C23H30N2O2. The van der Waals surface area contributed by atoms with Gasteiger partial charge in [0.25, 0.3) is 5.91 Å². The van der Waals surface area contributed by atoms with Crippen LogP contribution in [0.5, 0.6) is 5.75 Å². The van der Waals surface area contributed by atoms with Crippen LogP contribution in [0.2, 0.25) is 0 Å². The molecule has 27 heavy (non-hydrogen) atoms. The van der Waals surface area contributed by atoms with Gasteiger partial charge in [0.15, 0.2) is 0 Å². The number of nitrogens with zero attached hydrogens (tertiary/aromatic N) is 1. The van der Waals surface area contributed by atoms with Crippen LogP contribution in [0.15, 0.2) is 42.5 Å². The number of piperidine rings is 1. The van der Waals surface area contributed by atoms with Crippen LogP contribution in [0.25, 0.3) is 0 Å². The maximum atomic E-state index is 12.8. The summed E-state index contributed by atoms with van der Waals surface area (Å²) in [6, 6.07) is 14.3. The van der Waals surface area contributed by atoms with Crippen LogP contribution >= 0.6 is 0 Å². The van der Waals surface area contributed by atoms with Gasteiger partial charge in [-0.1, -0.05) is 30.7 Å². The van der Waals surface area contributed by atoms with E-state index in [1.807, 2.05) is 44.2 Å². The Labute approximate surface area is 162 Å². The number of carbonyl (C=O) groups excluding carboxylic acids is 1. The van der Waals surface area contributed by atoms with E-state index in [4.69, 9.17) is 4.74 Å². The van der Waals surface area contributed by atoms with Gasteiger partial charge in [-0.15, -0.1) is 0 Å². The molecule has 0 radical (unpaired) electrons. The van der Waals surface area contributed by atoms with Gasteiger partial charge in [-0.25, -0.2) is 0 Å². The van der Waals surface area contributed by atoms with Gasteiger partial charge in [0.1, 0.15) is 5.75 Å². The van der Waals surface area contributed by atoms with E-state index < -0.39 is 0 Å². The summed E-state index contributed by atoms with van der Waals surface area (Å²) in [7, 11) is 1.68. The zero-order valence-corrected chi connectivity index (χ0v) is 16.6. The number of hydrogen-bond donors (Lipinski definition) is 1. The van der Waals surface area contributed by atoms with Crippen molar-refractivity contribution >= 4 is 5.91 Å². The number of methoxy groups -OCH3 is 1. The van der Waals surface area contributed by atoms with Crippen molar-refractivity contribution in [3.05, 3.63) is 64.7 Å². The number of likely N-dealkylation sites (tertiary alicyclic amines) is 1. The lowest BCUT2D eigenvalue weighted by Crippen LogP contribution is -2.40. The standard InChI is InChI=1S/C23H30N2O2/c1-17-8-7-9-21(18(17)2)23(26)24-16-22(25-14-5-4-6-15-25)19-10-12-20(27-3)13-11-19/h7-13,22H,4-6,14-16H2,1-3H3,(H,24,26)/t22-/m1/s1. The lowest BCUT2D eigenvalue weighted by atomic mass is 10.0. The summed E-state index contributed by atoms with van der Waals surface area (Å²) >= 11 is 0. The van der Waals surface area contributed by atoms with Gasteiger partial charge in [0.2, 0.25) is 0 Å². The molecule has 2 aromatic carbocycles. The van der Waals surface area contributed by atoms with E-state index in [0.29, 0.717) is 6.54 Å². The first-order valence-corrected chi connectivity index (χ1v) is 9.82. The van der Waals surface area contributed by atoms with Crippen LogP contribution < -0.4 is 10.1 Å². The molecule has 0 aromatic heterocycles. The molecule has 0 bridgehead atoms. The number of benzene rings is 2. The molecule has 1 saturated heterocycles. The molecule has 0 unspecified atom stereocenters. The summed E-state index contributed by atoms with van der Waals surface area (Å²) in [5.41, 5.74) is 4.18. The number of carbonyl (C=O) groups is 1.